The molecule has 0 amide bonds. The van der Waals surface area contributed by atoms with Crippen LogP contribution in [0.3, 0.4) is 0 Å². The third-order valence-corrected chi connectivity index (χ3v) is 1.65. The topological polar surface area (TPSA) is 12.0 Å². The third-order valence-electron chi connectivity index (χ3n) is 1.65. The van der Waals surface area contributed by atoms with Crippen LogP contribution in [0.5, 0.6) is 0 Å². The average molecular weight is 151 g/mol. The number of nitrogens with one attached hydrogen (secondary N) is 1. The van der Waals surface area contributed by atoms with Crippen LogP contribution < -0.4 is 5.32 Å². The van der Waals surface area contributed by atoms with Gasteiger partial charge in [-0.05, 0) is 32.4 Å². The van der Waals surface area contributed by atoms with Crippen LogP contribution in [0, 0.1) is 0 Å². The summed E-state index contributed by atoms with van der Waals surface area (Å²) in [5, 5.41) is 3.12. The normalized spacial score (nSPS) is 13.1. The van der Waals surface area contributed by atoms with E-state index in [4.69, 9.17) is 0 Å². The van der Waals surface area contributed by atoms with Gasteiger partial charge in [0.05, 0.1) is 0 Å². The molecule has 0 atom stereocenters. The minimum absolute atomic E-state index is 1.10. The van der Waals surface area contributed by atoms with Gasteiger partial charge in [0.15, 0.2) is 0 Å². The maximum Gasteiger partial charge on any atom is 0.0366 e. The zero-order valence-corrected chi connectivity index (χ0v) is 7.86. The van der Waals surface area contributed by atoms with Gasteiger partial charge in [0.1, 0.15) is 0 Å². The predicted molar refractivity (Wildman–Crippen MR) is 51.4 cm³/mol. The lowest BCUT2D eigenvalue weighted by Crippen LogP contribution is -2.06. The van der Waals surface area contributed by atoms with E-state index in [0.717, 1.165) is 11.3 Å². The van der Waals surface area contributed by atoms with E-state index in [9.17, 15) is 0 Å². The van der Waals surface area contributed by atoms with Crippen molar-refractivity contribution in [2.24, 2.45) is 0 Å². The number of hydrogen-bond acceptors (Lipinski definition) is 1. The van der Waals surface area contributed by atoms with Crippen molar-refractivity contribution in [2.45, 2.75) is 20.8 Å². The molecule has 0 heterocycles. The Morgan fingerprint density at radius 1 is 1.36 bits per heavy atom. The van der Waals surface area contributed by atoms with Crippen LogP contribution >= 0.6 is 0 Å². The van der Waals surface area contributed by atoms with Gasteiger partial charge in [-0.2, -0.15) is 0 Å². The largest absolute Gasteiger partial charge is 0.388 e. The van der Waals surface area contributed by atoms with Crippen LogP contribution in [-0.2, 0) is 0 Å². The van der Waals surface area contributed by atoms with Gasteiger partial charge in [0, 0.05) is 12.7 Å². The summed E-state index contributed by atoms with van der Waals surface area (Å²) in [6, 6.07) is 0. The van der Waals surface area contributed by atoms with Crippen LogP contribution in [0.4, 0.5) is 0 Å². The molecule has 0 aromatic carbocycles. The van der Waals surface area contributed by atoms with Crippen molar-refractivity contribution in [3.63, 3.8) is 0 Å². The summed E-state index contributed by atoms with van der Waals surface area (Å²) in [7, 11) is 1.92. The van der Waals surface area contributed by atoms with E-state index in [1.807, 2.05) is 33.0 Å². The Bertz CT molecular complexity index is 197. The second-order valence-corrected chi connectivity index (χ2v) is 2.57. The molecule has 0 unspecified atom stereocenters. The molecule has 0 aliphatic rings. The Kier molecular flexibility index (Phi) is 4.35. The van der Waals surface area contributed by atoms with Crippen LogP contribution in [0.15, 0.2) is 35.6 Å². The SMILES string of the molecule is C=C(C)/C(C)=C(\C=C/C)NC. The molecule has 0 rings (SSSR count). The number of hydrogen-bond donors (Lipinski definition) is 1. The van der Waals surface area contributed by atoms with Crippen LogP contribution in [-0.4, -0.2) is 7.05 Å². The van der Waals surface area contributed by atoms with Gasteiger partial charge in [-0.15, -0.1) is 0 Å². The Balaban J connectivity index is 4.67. The van der Waals surface area contributed by atoms with Gasteiger partial charge in [0.25, 0.3) is 0 Å². The van der Waals surface area contributed by atoms with E-state index in [0.29, 0.717) is 0 Å². The highest BCUT2D eigenvalue weighted by Crippen LogP contribution is 2.10. The van der Waals surface area contributed by atoms with Crippen LogP contribution in [0.2, 0.25) is 0 Å². The molecule has 0 fully saturated rings. The van der Waals surface area contributed by atoms with E-state index < -0.39 is 0 Å². The highest BCUT2D eigenvalue weighted by molar-refractivity contribution is 5.34. The molecule has 0 aliphatic carbocycles. The first-order chi connectivity index (χ1) is 5.13. The van der Waals surface area contributed by atoms with Gasteiger partial charge in [-0.3, -0.25) is 0 Å². The quantitative estimate of drug-likeness (QED) is 0.611. The fraction of sp³-hybridized carbons (Fsp3) is 0.400. The first-order valence-electron chi connectivity index (χ1n) is 3.80. The van der Waals surface area contributed by atoms with Gasteiger partial charge in [-0.25, -0.2) is 0 Å². The monoisotopic (exact) mass is 151 g/mol. The van der Waals surface area contributed by atoms with Crippen molar-refractivity contribution in [3.05, 3.63) is 35.6 Å². The maximum atomic E-state index is 3.87. The van der Waals surface area contributed by atoms with E-state index in [1.165, 1.54) is 5.57 Å². The lowest BCUT2D eigenvalue weighted by Gasteiger charge is -2.06. The zero-order chi connectivity index (χ0) is 8.85. The van der Waals surface area contributed by atoms with Crippen molar-refractivity contribution >= 4 is 0 Å². The Morgan fingerprint density at radius 3 is 2.18 bits per heavy atom. The van der Waals surface area contributed by atoms with Gasteiger partial charge in [-0.1, -0.05) is 18.2 Å². The average Bonchev–Trinajstić information content (AvgIpc) is 1.98. The fourth-order valence-corrected chi connectivity index (χ4v) is 0.792. The molecule has 62 valence electrons. The van der Waals surface area contributed by atoms with Gasteiger partial charge < -0.3 is 5.32 Å². The van der Waals surface area contributed by atoms with Crippen molar-refractivity contribution in [3.8, 4) is 0 Å². The Labute approximate surface area is 69.5 Å². The molecule has 1 heteroatoms. The molecule has 1 N–H and O–H groups in total. The lowest BCUT2D eigenvalue weighted by molar-refractivity contribution is 1.00. The minimum atomic E-state index is 1.10. The third kappa shape index (κ3) is 3.08. The van der Waals surface area contributed by atoms with Crippen LogP contribution in [0.25, 0.3) is 0 Å². The second kappa shape index (κ2) is 4.78. The van der Waals surface area contributed by atoms with Crippen molar-refractivity contribution in [2.75, 3.05) is 7.05 Å². The zero-order valence-electron chi connectivity index (χ0n) is 7.86. The first kappa shape index (κ1) is 10.0. The number of likely N-dealkylation sites (N-methyl/N-ethyl adjacent to an activating group) is 1. The standard InChI is InChI=1S/C10H17N/c1-6-7-10(11-5)9(4)8(2)3/h6-7,11H,2H2,1,3-5H3/b7-6-,10-9+. The molecular formula is C10H17N. The second-order valence-electron chi connectivity index (χ2n) is 2.57. The van der Waals surface area contributed by atoms with Gasteiger partial charge in [0.2, 0.25) is 0 Å². The molecule has 0 saturated carbocycles. The molecule has 11 heavy (non-hydrogen) atoms. The molecule has 0 spiro atoms. The van der Waals surface area contributed by atoms with Crippen molar-refractivity contribution in [1.29, 1.82) is 0 Å². The number of allylic oxidation sites excluding steroid dienone is 4. The van der Waals surface area contributed by atoms with E-state index in [-0.39, 0.29) is 0 Å². The molecular weight excluding hydrogens is 134 g/mol. The maximum absolute atomic E-state index is 3.87. The molecule has 0 aromatic heterocycles. The summed E-state index contributed by atoms with van der Waals surface area (Å²) in [6.07, 6.45) is 4.06. The highest BCUT2D eigenvalue weighted by Gasteiger charge is 1.95. The molecule has 0 aromatic rings. The summed E-state index contributed by atoms with van der Waals surface area (Å²) in [5.74, 6) is 0. The van der Waals surface area contributed by atoms with E-state index >= 15 is 0 Å². The fourth-order valence-electron chi connectivity index (χ4n) is 0.792. The summed E-state index contributed by atoms with van der Waals surface area (Å²) < 4.78 is 0. The summed E-state index contributed by atoms with van der Waals surface area (Å²) in [6.45, 7) is 9.95. The molecule has 1 nitrogen and oxygen atoms in total. The summed E-state index contributed by atoms with van der Waals surface area (Å²) in [4.78, 5) is 0. The Hall–Kier alpha value is -0.980. The highest BCUT2D eigenvalue weighted by atomic mass is 14.8. The molecule has 0 radical (unpaired) electrons. The molecule has 0 bridgehead atoms. The number of rotatable bonds is 3. The van der Waals surface area contributed by atoms with E-state index in [1.54, 1.807) is 0 Å². The molecule has 0 saturated heterocycles. The summed E-state index contributed by atoms with van der Waals surface area (Å²) in [5.41, 5.74) is 3.46. The van der Waals surface area contributed by atoms with Crippen molar-refractivity contribution < 1.29 is 0 Å². The lowest BCUT2D eigenvalue weighted by atomic mass is 10.1. The minimum Gasteiger partial charge on any atom is -0.388 e. The smallest absolute Gasteiger partial charge is 0.0366 e. The van der Waals surface area contributed by atoms with Gasteiger partial charge >= 0.3 is 0 Å². The van der Waals surface area contributed by atoms with Crippen LogP contribution in [0.1, 0.15) is 20.8 Å². The summed E-state index contributed by atoms with van der Waals surface area (Å²) >= 11 is 0. The van der Waals surface area contributed by atoms with Crippen molar-refractivity contribution in [1.82, 2.24) is 5.32 Å². The van der Waals surface area contributed by atoms with E-state index in [2.05, 4.69) is 18.8 Å². The molecule has 0 aliphatic heterocycles. The Morgan fingerprint density at radius 2 is 1.91 bits per heavy atom. The first-order valence-corrected chi connectivity index (χ1v) is 3.80. The predicted octanol–water partition coefficient (Wildman–Crippen LogP) is 2.63.